The zero-order valence-electron chi connectivity index (χ0n) is 11.3. The van der Waals surface area contributed by atoms with Crippen LogP contribution in [0.25, 0.3) is 0 Å². The predicted octanol–water partition coefficient (Wildman–Crippen LogP) is 2.17. The van der Waals surface area contributed by atoms with Gasteiger partial charge in [-0.05, 0) is 38.0 Å². The van der Waals surface area contributed by atoms with E-state index >= 15 is 0 Å². The standard InChI is InChI=1S/C14H26N2O/c1-3-16(12-6-7-12)13(17)10-15-11-14(2)8-4-5-9-14/h12,15H,3-11H2,1-2H3. The molecule has 17 heavy (non-hydrogen) atoms. The molecule has 3 nitrogen and oxygen atoms in total. The van der Waals surface area contributed by atoms with Crippen molar-refractivity contribution in [1.29, 1.82) is 0 Å². The molecule has 0 aromatic heterocycles. The second kappa shape index (κ2) is 5.38. The van der Waals surface area contributed by atoms with E-state index in [1.807, 2.05) is 4.90 Å². The van der Waals surface area contributed by atoms with Crippen molar-refractivity contribution >= 4 is 5.91 Å². The number of amides is 1. The Morgan fingerprint density at radius 2 is 2.00 bits per heavy atom. The van der Waals surface area contributed by atoms with E-state index in [1.165, 1.54) is 38.5 Å². The minimum Gasteiger partial charge on any atom is -0.339 e. The SMILES string of the molecule is CCN(C(=O)CNCC1(C)CCCC1)C1CC1. The van der Waals surface area contributed by atoms with Crippen molar-refractivity contribution < 1.29 is 4.79 Å². The van der Waals surface area contributed by atoms with E-state index in [-0.39, 0.29) is 5.91 Å². The molecule has 0 spiro atoms. The van der Waals surface area contributed by atoms with Gasteiger partial charge in [0.2, 0.25) is 5.91 Å². The summed E-state index contributed by atoms with van der Waals surface area (Å²) in [5, 5.41) is 3.37. The highest BCUT2D eigenvalue weighted by Crippen LogP contribution is 2.36. The van der Waals surface area contributed by atoms with Gasteiger partial charge in [-0.15, -0.1) is 0 Å². The maximum absolute atomic E-state index is 12.0. The van der Waals surface area contributed by atoms with Crippen LogP contribution in [0.3, 0.4) is 0 Å². The average molecular weight is 238 g/mol. The molecule has 2 aliphatic rings. The number of hydrogen-bond donors (Lipinski definition) is 1. The second-order valence-corrected chi connectivity index (χ2v) is 6.03. The van der Waals surface area contributed by atoms with Crippen molar-refractivity contribution in [3.8, 4) is 0 Å². The van der Waals surface area contributed by atoms with Crippen LogP contribution in [0.2, 0.25) is 0 Å². The van der Waals surface area contributed by atoms with E-state index in [1.54, 1.807) is 0 Å². The van der Waals surface area contributed by atoms with Crippen LogP contribution in [0.5, 0.6) is 0 Å². The van der Waals surface area contributed by atoms with Gasteiger partial charge < -0.3 is 10.2 Å². The minimum absolute atomic E-state index is 0.289. The molecular weight excluding hydrogens is 212 g/mol. The first-order valence-electron chi connectivity index (χ1n) is 7.15. The Morgan fingerprint density at radius 1 is 1.35 bits per heavy atom. The summed E-state index contributed by atoms with van der Waals surface area (Å²) in [6, 6.07) is 0.552. The molecule has 0 aliphatic heterocycles. The largest absolute Gasteiger partial charge is 0.339 e. The molecule has 1 amide bonds. The Balaban J connectivity index is 1.68. The third kappa shape index (κ3) is 3.44. The van der Waals surface area contributed by atoms with Crippen molar-refractivity contribution in [2.45, 2.75) is 58.4 Å². The lowest BCUT2D eigenvalue weighted by Crippen LogP contribution is -2.41. The van der Waals surface area contributed by atoms with E-state index in [9.17, 15) is 4.79 Å². The molecule has 0 unspecified atom stereocenters. The number of carbonyl (C=O) groups excluding carboxylic acids is 1. The zero-order chi connectivity index (χ0) is 12.3. The summed E-state index contributed by atoms with van der Waals surface area (Å²) in [6.07, 6.45) is 7.75. The summed E-state index contributed by atoms with van der Waals surface area (Å²) in [5.41, 5.74) is 0.441. The number of likely N-dealkylation sites (N-methyl/N-ethyl adjacent to an activating group) is 1. The normalized spacial score (nSPS) is 22.7. The molecule has 0 aromatic carbocycles. The van der Waals surface area contributed by atoms with E-state index in [4.69, 9.17) is 0 Å². The quantitative estimate of drug-likeness (QED) is 0.769. The lowest BCUT2D eigenvalue weighted by molar-refractivity contribution is -0.130. The fraction of sp³-hybridized carbons (Fsp3) is 0.929. The van der Waals surface area contributed by atoms with Gasteiger partial charge in [0.15, 0.2) is 0 Å². The third-order valence-corrected chi connectivity index (χ3v) is 4.29. The second-order valence-electron chi connectivity index (χ2n) is 6.03. The number of hydrogen-bond acceptors (Lipinski definition) is 2. The monoisotopic (exact) mass is 238 g/mol. The van der Waals surface area contributed by atoms with Crippen LogP contribution < -0.4 is 5.32 Å². The Morgan fingerprint density at radius 3 is 2.53 bits per heavy atom. The number of nitrogens with zero attached hydrogens (tertiary/aromatic N) is 1. The highest BCUT2D eigenvalue weighted by atomic mass is 16.2. The van der Waals surface area contributed by atoms with E-state index in [2.05, 4.69) is 19.2 Å². The molecule has 0 heterocycles. The van der Waals surface area contributed by atoms with Crippen LogP contribution in [0.4, 0.5) is 0 Å². The minimum atomic E-state index is 0.289. The molecule has 1 N–H and O–H groups in total. The number of rotatable bonds is 6. The highest BCUT2D eigenvalue weighted by molar-refractivity contribution is 5.78. The Hall–Kier alpha value is -0.570. The maximum Gasteiger partial charge on any atom is 0.236 e. The van der Waals surface area contributed by atoms with Crippen molar-refractivity contribution in [2.24, 2.45) is 5.41 Å². The Kier molecular flexibility index (Phi) is 4.08. The molecule has 0 aromatic rings. The molecule has 0 radical (unpaired) electrons. The van der Waals surface area contributed by atoms with Crippen molar-refractivity contribution in [3.63, 3.8) is 0 Å². The summed E-state index contributed by atoms with van der Waals surface area (Å²) >= 11 is 0. The van der Waals surface area contributed by atoms with Gasteiger partial charge >= 0.3 is 0 Å². The van der Waals surface area contributed by atoms with Crippen molar-refractivity contribution in [3.05, 3.63) is 0 Å². The molecule has 0 bridgehead atoms. The molecule has 0 atom stereocenters. The molecule has 2 rings (SSSR count). The van der Waals surface area contributed by atoms with Crippen molar-refractivity contribution in [1.82, 2.24) is 10.2 Å². The summed E-state index contributed by atoms with van der Waals surface area (Å²) in [6.45, 7) is 6.81. The fourth-order valence-corrected chi connectivity index (χ4v) is 3.00. The van der Waals surface area contributed by atoms with Gasteiger partial charge in [-0.1, -0.05) is 19.8 Å². The van der Waals surface area contributed by atoms with E-state index < -0.39 is 0 Å². The molecule has 2 aliphatic carbocycles. The Labute approximate surface area is 105 Å². The van der Waals surface area contributed by atoms with Crippen LogP contribution in [-0.4, -0.2) is 36.5 Å². The zero-order valence-corrected chi connectivity index (χ0v) is 11.3. The van der Waals surface area contributed by atoms with Crippen LogP contribution in [0.1, 0.15) is 52.4 Å². The molecule has 0 saturated heterocycles. The van der Waals surface area contributed by atoms with Gasteiger partial charge in [-0.2, -0.15) is 0 Å². The van der Waals surface area contributed by atoms with Gasteiger partial charge in [-0.25, -0.2) is 0 Å². The molecule has 2 fully saturated rings. The number of carbonyl (C=O) groups is 1. The van der Waals surface area contributed by atoms with Gasteiger partial charge in [-0.3, -0.25) is 4.79 Å². The summed E-state index contributed by atoms with van der Waals surface area (Å²) in [7, 11) is 0. The van der Waals surface area contributed by atoms with Crippen molar-refractivity contribution in [2.75, 3.05) is 19.6 Å². The number of nitrogens with one attached hydrogen (secondary N) is 1. The van der Waals surface area contributed by atoms with Gasteiger partial charge in [0.1, 0.15) is 0 Å². The van der Waals surface area contributed by atoms with Crippen LogP contribution in [0, 0.1) is 5.41 Å². The smallest absolute Gasteiger partial charge is 0.236 e. The maximum atomic E-state index is 12.0. The topological polar surface area (TPSA) is 32.3 Å². The lowest BCUT2D eigenvalue weighted by Gasteiger charge is -2.25. The molecule has 98 valence electrons. The molecule has 2 saturated carbocycles. The van der Waals surface area contributed by atoms with Gasteiger partial charge in [0.25, 0.3) is 0 Å². The summed E-state index contributed by atoms with van der Waals surface area (Å²) in [4.78, 5) is 14.0. The average Bonchev–Trinajstić information content (AvgIpc) is 3.03. The summed E-state index contributed by atoms with van der Waals surface area (Å²) < 4.78 is 0. The highest BCUT2D eigenvalue weighted by Gasteiger charge is 2.32. The van der Waals surface area contributed by atoms with Crippen LogP contribution >= 0.6 is 0 Å². The van der Waals surface area contributed by atoms with Gasteiger partial charge in [0, 0.05) is 19.1 Å². The lowest BCUT2D eigenvalue weighted by atomic mass is 9.89. The molecular formula is C14H26N2O. The third-order valence-electron chi connectivity index (χ3n) is 4.29. The Bertz CT molecular complexity index is 267. The fourth-order valence-electron chi connectivity index (χ4n) is 3.00. The first-order valence-corrected chi connectivity index (χ1v) is 7.15. The van der Waals surface area contributed by atoms with Crippen LogP contribution in [0.15, 0.2) is 0 Å². The van der Waals surface area contributed by atoms with Gasteiger partial charge in [0.05, 0.1) is 6.54 Å². The first kappa shape index (κ1) is 12.9. The predicted molar refractivity (Wildman–Crippen MR) is 69.9 cm³/mol. The van der Waals surface area contributed by atoms with Crippen LogP contribution in [-0.2, 0) is 4.79 Å². The summed E-state index contributed by atoms with van der Waals surface area (Å²) in [5.74, 6) is 0.289. The first-order chi connectivity index (χ1) is 8.14. The van der Waals surface area contributed by atoms with E-state index in [0.29, 0.717) is 18.0 Å². The molecule has 3 heteroatoms. The van der Waals surface area contributed by atoms with E-state index in [0.717, 1.165) is 13.1 Å².